The van der Waals surface area contributed by atoms with E-state index in [-0.39, 0.29) is 1.43 Å². The van der Waals surface area contributed by atoms with Crippen molar-refractivity contribution >= 4 is 0 Å². The van der Waals surface area contributed by atoms with Crippen molar-refractivity contribution in [2.24, 2.45) is 5.73 Å². The molecular formula is C13H28N2O. The summed E-state index contributed by atoms with van der Waals surface area (Å²) < 4.78 is 5.22. The number of aryl methyl sites for hydroxylation is 1. The molecule has 0 amide bonds. The fraction of sp³-hybridized carbons (Fsp3) is 0.615. The Kier molecular flexibility index (Phi) is 15.0. The molecule has 16 heavy (non-hydrogen) atoms. The highest BCUT2D eigenvalue weighted by atomic mass is 16.5. The Morgan fingerprint density at radius 3 is 2.25 bits per heavy atom. The van der Waals surface area contributed by atoms with Crippen LogP contribution >= 0.6 is 0 Å². The lowest BCUT2D eigenvalue weighted by molar-refractivity contribution is 0.315. The maximum absolute atomic E-state index is 5.28. The number of rotatable bonds is 4. The van der Waals surface area contributed by atoms with E-state index in [1.807, 2.05) is 46.0 Å². The first-order valence-electron chi connectivity index (χ1n) is 6.14. The van der Waals surface area contributed by atoms with Gasteiger partial charge in [-0.15, -0.1) is 0 Å². The maximum Gasteiger partial charge on any atom is 0.213 e. The standard InChI is InChI=1S/C9H14N2O.2C2H6.H2/c1-2-8-3-4-9(11-7-8)12-6-5-10;2*1-2;/h3-4,7H,2,5-6,10H2,1H3;2*1-2H3;1H. The van der Waals surface area contributed by atoms with Crippen molar-refractivity contribution < 1.29 is 6.16 Å². The predicted octanol–water partition coefficient (Wildman–Crippen LogP) is 3.28. The van der Waals surface area contributed by atoms with Crippen LogP contribution in [0.2, 0.25) is 0 Å². The van der Waals surface area contributed by atoms with Crippen molar-refractivity contribution in [3.63, 3.8) is 0 Å². The Morgan fingerprint density at radius 2 is 1.88 bits per heavy atom. The molecule has 1 aromatic heterocycles. The van der Waals surface area contributed by atoms with E-state index in [1.54, 1.807) is 0 Å². The number of aromatic nitrogens is 1. The Bertz CT molecular complexity index is 227. The Balaban J connectivity index is -0.000000355. The molecule has 0 unspecified atom stereocenters. The van der Waals surface area contributed by atoms with E-state index in [2.05, 4.69) is 11.9 Å². The first-order chi connectivity index (χ1) is 7.86. The second kappa shape index (κ2) is 13.9. The highest BCUT2D eigenvalue weighted by Gasteiger charge is 1.93. The second-order valence-electron chi connectivity index (χ2n) is 2.50. The van der Waals surface area contributed by atoms with E-state index in [0.29, 0.717) is 19.0 Å². The molecule has 3 heteroatoms. The van der Waals surface area contributed by atoms with E-state index in [4.69, 9.17) is 10.5 Å². The minimum atomic E-state index is 0. The minimum Gasteiger partial charge on any atom is -0.476 e. The topological polar surface area (TPSA) is 48.1 Å². The van der Waals surface area contributed by atoms with Gasteiger partial charge in [-0.3, -0.25) is 0 Å². The fourth-order valence-corrected chi connectivity index (χ4v) is 0.869. The quantitative estimate of drug-likeness (QED) is 0.860. The van der Waals surface area contributed by atoms with Crippen LogP contribution in [0.4, 0.5) is 0 Å². The third kappa shape index (κ3) is 8.24. The highest BCUT2D eigenvalue weighted by molar-refractivity contribution is 5.17. The average Bonchev–Trinajstić information content (AvgIpc) is 2.41. The van der Waals surface area contributed by atoms with Crippen LogP contribution in [0, 0.1) is 0 Å². The molecule has 1 aromatic rings. The van der Waals surface area contributed by atoms with Crippen LogP contribution in [0.25, 0.3) is 0 Å². The monoisotopic (exact) mass is 228 g/mol. The predicted molar refractivity (Wildman–Crippen MR) is 73.0 cm³/mol. The third-order valence-corrected chi connectivity index (χ3v) is 1.57. The van der Waals surface area contributed by atoms with Crippen LogP contribution in [-0.2, 0) is 6.42 Å². The maximum atomic E-state index is 5.28. The lowest BCUT2D eigenvalue weighted by Crippen LogP contribution is -2.11. The average molecular weight is 228 g/mol. The molecule has 96 valence electrons. The first kappa shape index (κ1) is 17.3. The SMILES string of the molecule is CC.CC.CCc1ccc(OCCN)nc1.[HH]. The molecule has 0 fully saturated rings. The van der Waals surface area contributed by atoms with Crippen LogP contribution in [-0.4, -0.2) is 18.1 Å². The lowest BCUT2D eigenvalue weighted by Gasteiger charge is -2.02. The molecule has 0 atom stereocenters. The second-order valence-corrected chi connectivity index (χ2v) is 2.50. The Hall–Kier alpha value is -1.09. The number of nitrogens with two attached hydrogens (primary N) is 1. The zero-order valence-corrected chi connectivity index (χ0v) is 11.3. The Morgan fingerprint density at radius 1 is 1.25 bits per heavy atom. The summed E-state index contributed by atoms with van der Waals surface area (Å²) in [5, 5.41) is 0. The summed E-state index contributed by atoms with van der Waals surface area (Å²) in [6, 6.07) is 3.88. The summed E-state index contributed by atoms with van der Waals surface area (Å²) in [5.74, 6) is 0.651. The van der Waals surface area contributed by atoms with Crippen LogP contribution < -0.4 is 10.5 Å². The molecule has 2 N–H and O–H groups in total. The van der Waals surface area contributed by atoms with E-state index in [1.165, 1.54) is 5.56 Å². The van der Waals surface area contributed by atoms with Gasteiger partial charge in [-0.1, -0.05) is 40.7 Å². The van der Waals surface area contributed by atoms with Gasteiger partial charge in [0.25, 0.3) is 0 Å². The summed E-state index contributed by atoms with van der Waals surface area (Å²) in [5.41, 5.74) is 6.50. The first-order valence-corrected chi connectivity index (χ1v) is 6.14. The molecule has 0 bridgehead atoms. The van der Waals surface area contributed by atoms with Crippen LogP contribution in [0.3, 0.4) is 0 Å². The van der Waals surface area contributed by atoms with Crippen LogP contribution in [0.1, 0.15) is 41.6 Å². The Labute approximate surface area is 102 Å². The van der Waals surface area contributed by atoms with E-state index >= 15 is 0 Å². The molecule has 1 rings (SSSR count). The number of hydrogen-bond acceptors (Lipinski definition) is 3. The summed E-state index contributed by atoms with van der Waals surface area (Å²) in [6.07, 6.45) is 2.83. The highest BCUT2D eigenvalue weighted by Crippen LogP contribution is 2.07. The molecule has 1 heterocycles. The zero-order chi connectivity index (χ0) is 12.8. The summed E-state index contributed by atoms with van der Waals surface area (Å²) in [7, 11) is 0. The van der Waals surface area contributed by atoms with E-state index in [0.717, 1.165) is 6.42 Å². The molecule has 0 saturated heterocycles. The molecule has 3 nitrogen and oxygen atoms in total. The molecule has 0 aromatic carbocycles. The molecule has 0 aliphatic heterocycles. The van der Waals surface area contributed by atoms with Gasteiger partial charge in [-0.05, 0) is 12.0 Å². The van der Waals surface area contributed by atoms with Gasteiger partial charge in [0.15, 0.2) is 0 Å². The van der Waals surface area contributed by atoms with Gasteiger partial charge in [0.05, 0.1) is 0 Å². The number of hydrogen-bond donors (Lipinski definition) is 1. The van der Waals surface area contributed by atoms with Crippen molar-refractivity contribution in [3.05, 3.63) is 23.9 Å². The molecule has 0 radical (unpaired) electrons. The summed E-state index contributed by atoms with van der Waals surface area (Å²) >= 11 is 0. The van der Waals surface area contributed by atoms with Gasteiger partial charge in [0.1, 0.15) is 6.61 Å². The normalized spacial score (nSPS) is 8.12. The van der Waals surface area contributed by atoms with Gasteiger partial charge in [-0.2, -0.15) is 0 Å². The van der Waals surface area contributed by atoms with E-state index in [9.17, 15) is 0 Å². The minimum absolute atomic E-state index is 0. The number of pyridine rings is 1. The van der Waals surface area contributed by atoms with Gasteiger partial charge in [0.2, 0.25) is 5.88 Å². The molecule has 0 spiro atoms. The van der Waals surface area contributed by atoms with Gasteiger partial charge in [-0.25, -0.2) is 4.98 Å². The van der Waals surface area contributed by atoms with Crippen LogP contribution in [0.5, 0.6) is 5.88 Å². The van der Waals surface area contributed by atoms with Gasteiger partial charge >= 0.3 is 0 Å². The van der Waals surface area contributed by atoms with Crippen molar-refractivity contribution in [1.29, 1.82) is 0 Å². The smallest absolute Gasteiger partial charge is 0.213 e. The number of nitrogens with zero attached hydrogens (tertiary/aromatic N) is 1. The molecule has 0 aliphatic rings. The summed E-state index contributed by atoms with van der Waals surface area (Å²) in [4.78, 5) is 4.11. The fourth-order valence-electron chi connectivity index (χ4n) is 0.869. The van der Waals surface area contributed by atoms with Crippen molar-refractivity contribution in [1.82, 2.24) is 4.98 Å². The van der Waals surface area contributed by atoms with Gasteiger partial charge in [0, 0.05) is 20.2 Å². The third-order valence-electron chi connectivity index (χ3n) is 1.57. The molecule has 0 saturated carbocycles. The van der Waals surface area contributed by atoms with Crippen molar-refractivity contribution in [2.45, 2.75) is 41.0 Å². The lowest BCUT2D eigenvalue weighted by atomic mass is 10.2. The largest absolute Gasteiger partial charge is 0.476 e. The van der Waals surface area contributed by atoms with Crippen LogP contribution in [0.15, 0.2) is 18.3 Å². The number of ether oxygens (including phenoxy) is 1. The van der Waals surface area contributed by atoms with Gasteiger partial charge < -0.3 is 10.5 Å². The zero-order valence-electron chi connectivity index (χ0n) is 11.3. The van der Waals surface area contributed by atoms with Crippen molar-refractivity contribution in [2.75, 3.05) is 13.2 Å². The molecule has 0 aliphatic carbocycles. The molecular weight excluding hydrogens is 200 g/mol. The van der Waals surface area contributed by atoms with Crippen molar-refractivity contribution in [3.8, 4) is 5.88 Å². The van der Waals surface area contributed by atoms with E-state index < -0.39 is 0 Å². The summed E-state index contributed by atoms with van der Waals surface area (Å²) in [6.45, 7) is 11.1.